The Morgan fingerprint density at radius 2 is 1.82 bits per heavy atom. The lowest BCUT2D eigenvalue weighted by Crippen LogP contribution is -2.34. The van der Waals surface area contributed by atoms with Crippen molar-refractivity contribution in [3.63, 3.8) is 0 Å². The second-order valence-corrected chi connectivity index (χ2v) is 9.92. The van der Waals surface area contributed by atoms with Gasteiger partial charge in [0.05, 0.1) is 12.6 Å². The number of nitrogens with two attached hydrogens (primary N) is 1. The van der Waals surface area contributed by atoms with Gasteiger partial charge < -0.3 is 15.4 Å². The molecule has 0 spiro atoms. The van der Waals surface area contributed by atoms with Crippen molar-refractivity contribution < 1.29 is 4.74 Å². The van der Waals surface area contributed by atoms with Crippen molar-refractivity contribution >= 4 is 16.7 Å². The second kappa shape index (κ2) is 9.68. The minimum Gasteiger partial charge on any atom is -0.496 e. The Labute approximate surface area is 197 Å². The third-order valence-electron chi connectivity index (χ3n) is 7.32. The molecule has 1 aromatic heterocycles. The van der Waals surface area contributed by atoms with Gasteiger partial charge in [-0.2, -0.15) is 0 Å². The van der Waals surface area contributed by atoms with Gasteiger partial charge in [-0.1, -0.05) is 31.2 Å². The number of hydrogen-bond donors (Lipinski definition) is 1. The summed E-state index contributed by atoms with van der Waals surface area (Å²) in [6, 6.07) is 15.3. The Bertz CT molecular complexity index is 1100. The third kappa shape index (κ3) is 4.84. The number of piperidine rings is 1. The summed E-state index contributed by atoms with van der Waals surface area (Å²) in [6.45, 7) is 5.04. The van der Waals surface area contributed by atoms with Crippen LogP contribution in [0.4, 0.5) is 5.82 Å². The van der Waals surface area contributed by atoms with Crippen molar-refractivity contribution in [3.05, 3.63) is 59.4 Å². The molecule has 0 radical (unpaired) electrons. The molecule has 2 heterocycles. The van der Waals surface area contributed by atoms with Crippen molar-refractivity contribution in [3.8, 4) is 5.75 Å². The number of ether oxygens (including phenoxy) is 1. The summed E-state index contributed by atoms with van der Waals surface area (Å²) >= 11 is 0. The van der Waals surface area contributed by atoms with Crippen LogP contribution in [0, 0.1) is 5.92 Å². The molecular formula is C28H36N4O. The fourth-order valence-electron chi connectivity index (χ4n) is 5.26. The summed E-state index contributed by atoms with van der Waals surface area (Å²) < 4.78 is 5.64. The molecule has 33 heavy (non-hydrogen) atoms. The maximum Gasteiger partial charge on any atom is 0.140 e. The molecule has 1 saturated carbocycles. The quantitative estimate of drug-likeness (QED) is 0.502. The van der Waals surface area contributed by atoms with Gasteiger partial charge in [0.2, 0.25) is 0 Å². The zero-order valence-electron chi connectivity index (χ0n) is 20.0. The minimum atomic E-state index is 0.529. The predicted molar refractivity (Wildman–Crippen MR) is 135 cm³/mol. The summed E-state index contributed by atoms with van der Waals surface area (Å²) in [4.78, 5) is 12.6. The molecule has 1 atom stereocenters. The molecule has 174 valence electrons. The summed E-state index contributed by atoms with van der Waals surface area (Å²) in [5.41, 5.74) is 9.56. The highest BCUT2D eigenvalue weighted by Gasteiger charge is 2.30. The summed E-state index contributed by atoms with van der Waals surface area (Å²) in [5.74, 6) is 4.83. The highest BCUT2D eigenvalue weighted by atomic mass is 16.5. The average molecular weight is 445 g/mol. The lowest BCUT2D eigenvalue weighted by Gasteiger charge is -2.34. The molecule has 0 amide bonds. The van der Waals surface area contributed by atoms with Crippen molar-refractivity contribution in [2.24, 2.45) is 11.7 Å². The van der Waals surface area contributed by atoms with Crippen LogP contribution in [0.5, 0.6) is 5.75 Å². The number of anilines is 1. The fourth-order valence-corrected chi connectivity index (χ4v) is 5.26. The first-order chi connectivity index (χ1) is 16.2. The number of rotatable bonds is 8. The van der Waals surface area contributed by atoms with Gasteiger partial charge >= 0.3 is 0 Å². The number of methoxy groups -OCH3 is 1. The Kier molecular flexibility index (Phi) is 6.50. The lowest BCUT2D eigenvalue weighted by atomic mass is 9.88. The van der Waals surface area contributed by atoms with Gasteiger partial charge in [-0.3, -0.25) is 0 Å². The molecular weight excluding hydrogens is 408 g/mol. The molecule has 2 aromatic carbocycles. The van der Waals surface area contributed by atoms with Gasteiger partial charge in [-0.15, -0.1) is 0 Å². The second-order valence-electron chi connectivity index (χ2n) is 9.92. The molecule has 5 nitrogen and oxygen atoms in total. The number of fused-ring (bicyclic) bond motifs is 1. The van der Waals surface area contributed by atoms with Crippen LogP contribution in [-0.4, -0.2) is 36.7 Å². The van der Waals surface area contributed by atoms with Crippen LogP contribution >= 0.6 is 0 Å². The van der Waals surface area contributed by atoms with Crippen LogP contribution in [-0.2, 0) is 6.42 Å². The van der Waals surface area contributed by atoms with Gasteiger partial charge in [0.15, 0.2) is 0 Å². The van der Waals surface area contributed by atoms with E-state index in [0.717, 1.165) is 68.2 Å². The van der Waals surface area contributed by atoms with Crippen molar-refractivity contribution in [2.45, 2.75) is 57.3 Å². The highest BCUT2D eigenvalue weighted by Crippen LogP contribution is 2.41. The van der Waals surface area contributed by atoms with E-state index in [1.165, 1.54) is 29.4 Å². The molecule has 1 saturated heterocycles. The zero-order chi connectivity index (χ0) is 22.8. The molecule has 1 aliphatic carbocycles. The maximum atomic E-state index is 5.78. The van der Waals surface area contributed by atoms with E-state index in [1.54, 1.807) is 7.11 Å². The zero-order valence-corrected chi connectivity index (χ0v) is 20.0. The molecule has 2 aliphatic rings. The first kappa shape index (κ1) is 22.1. The van der Waals surface area contributed by atoms with E-state index in [9.17, 15) is 0 Å². The number of benzene rings is 2. The van der Waals surface area contributed by atoms with Gasteiger partial charge in [0.25, 0.3) is 0 Å². The first-order valence-electron chi connectivity index (χ1n) is 12.5. The SMILES string of the molecule is COc1ccccc1C1CCN(c2nc(C3CC3)nc3ccc(CC(C)CCN)cc23)CC1. The van der Waals surface area contributed by atoms with Crippen LogP contribution in [0.2, 0.25) is 0 Å². The van der Waals surface area contributed by atoms with Crippen LogP contribution in [0.15, 0.2) is 42.5 Å². The standard InChI is InChI=1S/C28H36N4O/c1-19(11-14-29)17-20-7-10-25-24(18-20)28(31-27(30-25)22-8-9-22)32-15-12-21(13-16-32)23-5-3-4-6-26(23)33-2/h3-7,10,18-19,21-22H,8-9,11-17,29H2,1-2H3. The number of nitrogens with zero attached hydrogens (tertiary/aromatic N) is 3. The molecule has 2 fully saturated rings. The Balaban J connectivity index is 1.42. The van der Waals surface area contributed by atoms with Gasteiger partial charge in [0, 0.05) is 24.4 Å². The molecule has 1 unspecified atom stereocenters. The van der Waals surface area contributed by atoms with E-state index in [2.05, 4.69) is 54.3 Å². The fraction of sp³-hybridized carbons (Fsp3) is 0.500. The average Bonchev–Trinajstić information content (AvgIpc) is 3.69. The normalized spacial score (nSPS) is 18.0. The largest absolute Gasteiger partial charge is 0.496 e. The van der Waals surface area contributed by atoms with Crippen molar-refractivity contribution in [1.29, 1.82) is 0 Å². The van der Waals surface area contributed by atoms with Gasteiger partial charge in [-0.25, -0.2) is 9.97 Å². The third-order valence-corrected chi connectivity index (χ3v) is 7.32. The van der Waals surface area contributed by atoms with E-state index < -0.39 is 0 Å². The van der Waals surface area contributed by atoms with Crippen LogP contribution < -0.4 is 15.4 Å². The van der Waals surface area contributed by atoms with Crippen LogP contribution in [0.3, 0.4) is 0 Å². The van der Waals surface area contributed by atoms with Gasteiger partial charge in [-0.05, 0) is 86.2 Å². The molecule has 1 aliphatic heterocycles. The smallest absolute Gasteiger partial charge is 0.140 e. The number of aromatic nitrogens is 2. The monoisotopic (exact) mass is 444 g/mol. The topological polar surface area (TPSA) is 64.3 Å². The van der Waals surface area contributed by atoms with E-state index in [0.29, 0.717) is 17.8 Å². The predicted octanol–water partition coefficient (Wildman–Crippen LogP) is 5.43. The molecule has 3 aromatic rings. The van der Waals surface area contributed by atoms with Crippen molar-refractivity contribution in [2.75, 3.05) is 31.6 Å². The number of hydrogen-bond acceptors (Lipinski definition) is 5. The van der Waals surface area contributed by atoms with Gasteiger partial charge in [0.1, 0.15) is 17.4 Å². The summed E-state index contributed by atoms with van der Waals surface area (Å²) in [7, 11) is 1.77. The molecule has 2 N–H and O–H groups in total. The Morgan fingerprint density at radius 1 is 1.03 bits per heavy atom. The van der Waals surface area contributed by atoms with E-state index in [-0.39, 0.29) is 0 Å². The molecule has 0 bridgehead atoms. The number of para-hydroxylation sites is 1. The maximum absolute atomic E-state index is 5.78. The Morgan fingerprint density at radius 3 is 2.55 bits per heavy atom. The molecule has 5 rings (SSSR count). The first-order valence-corrected chi connectivity index (χ1v) is 12.5. The van der Waals surface area contributed by atoms with Crippen LogP contribution in [0.25, 0.3) is 10.9 Å². The van der Waals surface area contributed by atoms with Crippen molar-refractivity contribution in [1.82, 2.24) is 9.97 Å². The van der Waals surface area contributed by atoms with Crippen LogP contribution in [0.1, 0.15) is 67.8 Å². The van der Waals surface area contributed by atoms with E-state index in [4.69, 9.17) is 20.4 Å². The summed E-state index contributed by atoms with van der Waals surface area (Å²) in [5, 5.41) is 1.20. The highest BCUT2D eigenvalue weighted by molar-refractivity contribution is 5.90. The van der Waals surface area contributed by atoms with E-state index in [1.807, 2.05) is 0 Å². The molecule has 5 heteroatoms. The summed E-state index contributed by atoms with van der Waals surface area (Å²) in [6.07, 6.45) is 6.76. The Hall–Kier alpha value is -2.66. The van der Waals surface area contributed by atoms with E-state index >= 15 is 0 Å². The minimum absolute atomic E-state index is 0.529. The lowest BCUT2D eigenvalue weighted by molar-refractivity contribution is 0.397.